The normalized spacial score (nSPS) is 30.4. The van der Waals surface area contributed by atoms with Crippen molar-refractivity contribution in [3.63, 3.8) is 0 Å². The molecule has 2 heteroatoms. The van der Waals surface area contributed by atoms with Crippen LogP contribution in [-0.4, -0.2) is 25.2 Å². The lowest BCUT2D eigenvalue weighted by Crippen LogP contribution is -2.39. The second-order valence-corrected chi connectivity index (χ2v) is 4.89. The summed E-state index contributed by atoms with van der Waals surface area (Å²) in [4.78, 5) is 0. The molecular formula is C12H24N2. The van der Waals surface area contributed by atoms with Gasteiger partial charge in [-0.15, -0.1) is 0 Å². The summed E-state index contributed by atoms with van der Waals surface area (Å²) in [6, 6.07) is 1.58. The van der Waals surface area contributed by atoms with E-state index >= 15 is 0 Å². The van der Waals surface area contributed by atoms with E-state index in [-0.39, 0.29) is 0 Å². The van der Waals surface area contributed by atoms with Gasteiger partial charge in [0, 0.05) is 18.6 Å². The highest BCUT2D eigenvalue weighted by Crippen LogP contribution is 2.17. The van der Waals surface area contributed by atoms with Crippen LogP contribution in [0.25, 0.3) is 0 Å². The van der Waals surface area contributed by atoms with Gasteiger partial charge in [0.2, 0.25) is 0 Å². The number of hydrogen-bond acceptors (Lipinski definition) is 2. The molecule has 1 saturated carbocycles. The molecule has 0 amide bonds. The zero-order valence-corrected chi connectivity index (χ0v) is 9.23. The van der Waals surface area contributed by atoms with Gasteiger partial charge in [-0.2, -0.15) is 0 Å². The molecule has 0 spiro atoms. The minimum Gasteiger partial charge on any atom is -0.313 e. The van der Waals surface area contributed by atoms with Gasteiger partial charge in [0.15, 0.2) is 0 Å². The maximum atomic E-state index is 3.74. The van der Waals surface area contributed by atoms with Crippen molar-refractivity contribution < 1.29 is 0 Å². The van der Waals surface area contributed by atoms with Crippen molar-refractivity contribution >= 4 is 0 Å². The van der Waals surface area contributed by atoms with E-state index in [4.69, 9.17) is 0 Å². The highest BCUT2D eigenvalue weighted by molar-refractivity contribution is 4.79. The zero-order valence-electron chi connectivity index (χ0n) is 9.23. The second kappa shape index (κ2) is 5.72. The van der Waals surface area contributed by atoms with Crippen LogP contribution in [0.4, 0.5) is 0 Å². The Labute approximate surface area is 87.8 Å². The molecule has 1 heterocycles. The quantitative estimate of drug-likeness (QED) is 0.675. The molecule has 0 aromatic heterocycles. The predicted octanol–water partition coefficient (Wildman–Crippen LogP) is 2.05. The largest absolute Gasteiger partial charge is 0.313 e. The van der Waals surface area contributed by atoms with Crippen LogP contribution >= 0.6 is 0 Å². The third kappa shape index (κ3) is 3.25. The van der Waals surface area contributed by atoms with Crippen molar-refractivity contribution in [1.82, 2.24) is 10.6 Å². The van der Waals surface area contributed by atoms with E-state index in [1.165, 1.54) is 64.5 Å². The molecule has 2 N–H and O–H groups in total. The topological polar surface area (TPSA) is 24.1 Å². The first-order chi connectivity index (χ1) is 6.95. The van der Waals surface area contributed by atoms with E-state index in [1.807, 2.05) is 0 Å². The van der Waals surface area contributed by atoms with Gasteiger partial charge < -0.3 is 10.6 Å². The summed E-state index contributed by atoms with van der Waals surface area (Å²) < 4.78 is 0. The number of rotatable bonds is 3. The second-order valence-electron chi connectivity index (χ2n) is 4.89. The molecule has 2 rings (SSSR count). The fraction of sp³-hybridized carbons (Fsp3) is 1.00. The monoisotopic (exact) mass is 196 g/mol. The molecule has 2 fully saturated rings. The van der Waals surface area contributed by atoms with Gasteiger partial charge >= 0.3 is 0 Å². The van der Waals surface area contributed by atoms with Gasteiger partial charge in [-0.3, -0.25) is 0 Å². The SMILES string of the molecule is C1CCCC(NC[C@@H]2CCCN2)CC1. The molecular weight excluding hydrogens is 172 g/mol. The van der Waals surface area contributed by atoms with Gasteiger partial charge in [-0.25, -0.2) is 0 Å². The molecule has 1 aliphatic heterocycles. The average Bonchev–Trinajstić information content (AvgIpc) is 2.58. The van der Waals surface area contributed by atoms with Crippen LogP contribution in [0, 0.1) is 0 Å². The Hall–Kier alpha value is -0.0800. The van der Waals surface area contributed by atoms with E-state index in [0.717, 1.165) is 12.1 Å². The fourth-order valence-electron chi connectivity index (χ4n) is 2.72. The zero-order chi connectivity index (χ0) is 9.64. The number of nitrogens with one attached hydrogen (secondary N) is 2. The van der Waals surface area contributed by atoms with E-state index in [9.17, 15) is 0 Å². The third-order valence-electron chi connectivity index (χ3n) is 3.67. The van der Waals surface area contributed by atoms with Crippen LogP contribution in [0.2, 0.25) is 0 Å². The Balaban J connectivity index is 1.62. The van der Waals surface area contributed by atoms with Crippen molar-refractivity contribution in [2.75, 3.05) is 13.1 Å². The van der Waals surface area contributed by atoms with Gasteiger partial charge in [0.05, 0.1) is 0 Å². The molecule has 1 saturated heterocycles. The van der Waals surface area contributed by atoms with Crippen LogP contribution in [-0.2, 0) is 0 Å². The molecule has 82 valence electrons. The lowest BCUT2D eigenvalue weighted by Gasteiger charge is -2.19. The first-order valence-electron chi connectivity index (χ1n) is 6.42. The Bertz CT molecular complexity index is 144. The minimum absolute atomic E-state index is 0.762. The van der Waals surface area contributed by atoms with Gasteiger partial charge in [0.1, 0.15) is 0 Å². The molecule has 2 nitrogen and oxygen atoms in total. The lowest BCUT2D eigenvalue weighted by atomic mass is 10.1. The first kappa shape index (κ1) is 10.4. The van der Waals surface area contributed by atoms with Crippen molar-refractivity contribution in [3.05, 3.63) is 0 Å². The van der Waals surface area contributed by atoms with Crippen LogP contribution in [0.1, 0.15) is 51.4 Å². The highest BCUT2D eigenvalue weighted by atomic mass is 15.0. The molecule has 0 bridgehead atoms. The Kier molecular flexibility index (Phi) is 4.26. The van der Waals surface area contributed by atoms with Crippen LogP contribution in [0.5, 0.6) is 0 Å². The van der Waals surface area contributed by atoms with Crippen LogP contribution in [0.3, 0.4) is 0 Å². The smallest absolute Gasteiger partial charge is 0.0193 e. The highest BCUT2D eigenvalue weighted by Gasteiger charge is 2.16. The van der Waals surface area contributed by atoms with E-state index in [0.29, 0.717) is 0 Å². The summed E-state index contributed by atoms with van der Waals surface area (Å²) in [7, 11) is 0. The molecule has 0 radical (unpaired) electrons. The van der Waals surface area contributed by atoms with Crippen LogP contribution in [0.15, 0.2) is 0 Å². The Morgan fingerprint density at radius 1 is 0.929 bits per heavy atom. The van der Waals surface area contributed by atoms with Crippen molar-refractivity contribution in [1.29, 1.82) is 0 Å². The minimum atomic E-state index is 0.762. The molecule has 1 aliphatic carbocycles. The molecule has 14 heavy (non-hydrogen) atoms. The first-order valence-corrected chi connectivity index (χ1v) is 6.42. The van der Waals surface area contributed by atoms with E-state index < -0.39 is 0 Å². The Morgan fingerprint density at radius 3 is 2.36 bits per heavy atom. The van der Waals surface area contributed by atoms with Gasteiger partial charge in [-0.05, 0) is 32.2 Å². The predicted molar refractivity (Wildman–Crippen MR) is 60.5 cm³/mol. The maximum absolute atomic E-state index is 3.74. The van der Waals surface area contributed by atoms with E-state index in [1.54, 1.807) is 0 Å². The van der Waals surface area contributed by atoms with Gasteiger partial charge in [0.25, 0.3) is 0 Å². The van der Waals surface area contributed by atoms with Crippen LogP contribution < -0.4 is 10.6 Å². The standard InChI is InChI=1S/C12H24N2/c1-2-4-7-11(6-3-1)14-10-12-8-5-9-13-12/h11-14H,1-10H2/t12-/m0/s1. The summed E-state index contributed by atoms with van der Waals surface area (Å²) in [6.07, 6.45) is 11.4. The van der Waals surface area contributed by atoms with Gasteiger partial charge in [-0.1, -0.05) is 25.7 Å². The summed E-state index contributed by atoms with van der Waals surface area (Å²) in [5, 5.41) is 7.29. The molecule has 1 atom stereocenters. The third-order valence-corrected chi connectivity index (χ3v) is 3.67. The summed E-state index contributed by atoms with van der Waals surface area (Å²) in [5.74, 6) is 0. The molecule has 0 aromatic rings. The van der Waals surface area contributed by atoms with Crippen molar-refractivity contribution in [2.45, 2.75) is 63.5 Å². The maximum Gasteiger partial charge on any atom is 0.0193 e. The average molecular weight is 196 g/mol. The summed E-state index contributed by atoms with van der Waals surface area (Å²) in [5.41, 5.74) is 0. The fourth-order valence-corrected chi connectivity index (χ4v) is 2.72. The summed E-state index contributed by atoms with van der Waals surface area (Å²) >= 11 is 0. The number of hydrogen-bond donors (Lipinski definition) is 2. The molecule has 0 unspecified atom stereocenters. The van der Waals surface area contributed by atoms with Crippen molar-refractivity contribution in [3.8, 4) is 0 Å². The lowest BCUT2D eigenvalue weighted by molar-refractivity contribution is 0.425. The molecule has 2 aliphatic rings. The molecule has 0 aromatic carbocycles. The Morgan fingerprint density at radius 2 is 1.71 bits per heavy atom. The summed E-state index contributed by atoms with van der Waals surface area (Å²) in [6.45, 7) is 2.43. The van der Waals surface area contributed by atoms with Crippen molar-refractivity contribution in [2.24, 2.45) is 0 Å². The van der Waals surface area contributed by atoms with E-state index in [2.05, 4.69) is 10.6 Å².